The van der Waals surface area contributed by atoms with Gasteiger partial charge in [0.15, 0.2) is 0 Å². The zero-order chi connectivity index (χ0) is 14.5. The van der Waals surface area contributed by atoms with Crippen LogP contribution in [0, 0.1) is 3.57 Å². The molecule has 0 heterocycles. The van der Waals surface area contributed by atoms with Crippen molar-refractivity contribution in [1.29, 1.82) is 0 Å². The molecule has 104 valence electrons. The molecule has 0 bridgehead atoms. The van der Waals surface area contributed by atoms with Gasteiger partial charge in [0.1, 0.15) is 23.7 Å². The van der Waals surface area contributed by atoms with Gasteiger partial charge < -0.3 is 14.6 Å². The second kappa shape index (κ2) is 6.60. The Kier molecular flexibility index (Phi) is 4.84. The fraction of sp³-hybridized carbons (Fsp3) is 0.133. The van der Waals surface area contributed by atoms with Crippen LogP contribution >= 0.6 is 22.6 Å². The van der Waals surface area contributed by atoms with Crippen LogP contribution < -0.4 is 9.47 Å². The van der Waals surface area contributed by atoms with E-state index >= 15 is 0 Å². The van der Waals surface area contributed by atoms with E-state index < -0.39 is 5.97 Å². The molecule has 0 atom stereocenters. The third-order valence-electron chi connectivity index (χ3n) is 2.71. The van der Waals surface area contributed by atoms with Gasteiger partial charge in [0, 0.05) is 3.57 Å². The van der Waals surface area contributed by atoms with Gasteiger partial charge in [-0.15, -0.1) is 0 Å². The van der Waals surface area contributed by atoms with Crippen LogP contribution in [0.15, 0.2) is 42.5 Å². The first-order valence-electron chi connectivity index (χ1n) is 5.88. The average molecular weight is 384 g/mol. The Morgan fingerprint density at radius 1 is 1.20 bits per heavy atom. The normalized spacial score (nSPS) is 10.1. The number of halogens is 1. The minimum absolute atomic E-state index is 0.135. The number of hydrogen-bond acceptors (Lipinski definition) is 3. The summed E-state index contributed by atoms with van der Waals surface area (Å²) in [5.74, 6) is 0.0755. The number of carboxylic acids is 1. The van der Waals surface area contributed by atoms with Gasteiger partial charge in [-0.3, -0.25) is 0 Å². The van der Waals surface area contributed by atoms with Gasteiger partial charge in [0.05, 0.1) is 7.11 Å². The second-order valence-corrected chi connectivity index (χ2v) is 5.33. The Bertz CT molecular complexity index is 608. The van der Waals surface area contributed by atoms with Crippen LogP contribution in [0.3, 0.4) is 0 Å². The Hall–Kier alpha value is -1.76. The van der Waals surface area contributed by atoms with Gasteiger partial charge in [0.25, 0.3) is 0 Å². The van der Waals surface area contributed by atoms with E-state index in [2.05, 4.69) is 22.6 Å². The molecule has 0 saturated heterocycles. The van der Waals surface area contributed by atoms with Gasteiger partial charge >= 0.3 is 5.97 Å². The van der Waals surface area contributed by atoms with Gasteiger partial charge in [-0.25, -0.2) is 4.79 Å². The molecule has 2 aromatic carbocycles. The molecule has 0 spiro atoms. The predicted octanol–water partition coefficient (Wildman–Crippen LogP) is 3.58. The summed E-state index contributed by atoms with van der Waals surface area (Å²) in [5.41, 5.74) is 0.915. The fourth-order valence-electron chi connectivity index (χ4n) is 1.71. The summed E-state index contributed by atoms with van der Waals surface area (Å²) in [5, 5.41) is 9.12. The Balaban J connectivity index is 2.11. The number of rotatable bonds is 5. The third-order valence-corrected chi connectivity index (χ3v) is 3.43. The lowest BCUT2D eigenvalue weighted by molar-refractivity contribution is 0.0693. The first-order chi connectivity index (χ1) is 9.60. The van der Waals surface area contributed by atoms with Crippen molar-refractivity contribution >= 4 is 28.6 Å². The first-order valence-corrected chi connectivity index (χ1v) is 6.96. The molecule has 0 amide bonds. The van der Waals surface area contributed by atoms with Crippen molar-refractivity contribution in [2.75, 3.05) is 7.11 Å². The minimum atomic E-state index is -1.02. The van der Waals surface area contributed by atoms with Crippen LogP contribution in [-0.2, 0) is 6.61 Å². The van der Waals surface area contributed by atoms with Crippen LogP contribution in [0.25, 0.3) is 0 Å². The number of carboxylic acid groups (broad SMARTS) is 1. The van der Waals surface area contributed by atoms with Crippen molar-refractivity contribution < 1.29 is 19.4 Å². The number of hydrogen-bond donors (Lipinski definition) is 1. The van der Waals surface area contributed by atoms with Crippen LogP contribution in [0.5, 0.6) is 11.5 Å². The number of carbonyl (C=O) groups is 1. The standard InChI is InChI=1S/C15H13IO4/c1-19-14-7-2-10(8-13(14)15(17)18)9-20-12-5-3-11(16)4-6-12/h2-8H,9H2,1H3,(H,17,18). The van der Waals surface area contributed by atoms with Crippen molar-refractivity contribution in [3.63, 3.8) is 0 Å². The molecule has 1 N–H and O–H groups in total. The summed E-state index contributed by atoms with van der Waals surface area (Å²) in [7, 11) is 1.45. The van der Waals surface area contributed by atoms with E-state index in [1.807, 2.05) is 24.3 Å². The molecule has 0 saturated carbocycles. The van der Waals surface area contributed by atoms with Gasteiger partial charge in [-0.2, -0.15) is 0 Å². The third kappa shape index (κ3) is 3.63. The van der Waals surface area contributed by atoms with E-state index in [-0.39, 0.29) is 5.56 Å². The van der Waals surface area contributed by atoms with Crippen LogP contribution in [0.2, 0.25) is 0 Å². The lowest BCUT2D eigenvalue weighted by Crippen LogP contribution is -2.03. The summed E-state index contributed by atoms with van der Waals surface area (Å²) in [6.07, 6.45) is 0. The van der Waals surface area contributed by atoms with E-state index in [4.69, 9.17) is 14.6 Å². The van der Waals surface area contributed by atoms with Crippen molar-refractivity contribution in [1.82, 2.24) is 0 Å². The number of benzene rings is 2. The molecule has 0 aromatic heterocycles. The molecule has 0 unspecified atom stereocenters. The molecule has 0 radical (unpaired) electrons. The summed E-state index contributed by atoms with van der Waals surface area (Å²) in [4.78, 5) is 11.1. The molecule has 4 nitrogen and oxygen atoms in total. The Labute approximate surface area is 130 Å². The highest BCUT2D eigenvalue weighted by molar-refractivity contribution is 14.1. The highest BCUT2D eigenvalue weighted by atomic mass is 127. The van der Waals surface area contributed by atoms with Crippen LogP contribution in [0.4, 0.5) is 0 Å². The maximum absolute atomic E-state index is 11.1. The summed E-state index contributed by atoms with van der Waals surface area (Å²) in [6.45, 7) is 0.310. The summed E-state index contributed by atoms with van der Waals surface area (Å²) >= 11 is 2.22. The fourth-order valence-corrected chi connectivity index (χ4v) is 2.07. The topological polar surface area (TPSA) is 55.8 Å². The first kappa shape index (κ1) is 14.6. The van der Waals surface area contributed by atoms with E-state index in [9.17, 15) is 4.79 Å². The SMILES string of the molecule is COc1ccc(COc2ccc(I)cc2)cc1C(=O)O. The van der Waals surface area contributed by atoms with Gasteiger partial charge in [-0.1, -0.05) is 6.07 Å². The van der Waals surface area contributed by atoms with Gasteiger partial charge in [0.2, 0.25) is 0 Å². The van der Waals surface area contributed by atoms with E-state index in [0.717, 1.165) is 14.9 Å². The number of aromatic carboxylic acids is 1. The zero-order valence-electron chi connectivity index (χ0n) is 10.8. The zero-order valence-corrected chi connectivity index (χ0v) is 13.0. The molecule has 20 heavy (non-hydrogen) atoms. The summed E-state index contributed by atoms with van der Waals surface area (Å²) in [6, 6.07) is 12.6. The maximum atomic E-state index is 11.1. The maximum Gasteiger partial charge on any atom is 0.339 e. The molecule has 5 heteroatoms. The quantitative estimate of drug-likeness (QED) is 0.801. The van der Waals surface area contributed by atoms with Crippen molar-refractivity contribution in [3.05, 3.63) is 57.2 Å². The largest absolute Gasteiger partial charge is 0.496 e. The molecular weight excluding hydrogens is 371 g/mol. The molecule has 2 rings (SSSR count). The average Bonchev–Trinajstić information content (AvgIpc) is 2.46. The lowest BCUT2D eigenvalue weighted by atomic mass is 10.1. The Morgan fingerprint density at radius 2 is 1.90 bits per heavy atom. The smallest absolute Gasteiger partial charge is 0.339 e. The monoisotopic (exact) mass is 384 g/mol. The second-order valence-electron chi connectivity index (χ2n) is 4.08. The molecule has 2 aromatic rings. The highest BCUT2D eigenvalue weighted by Gasteiger charge is 2.11. The predicted molar refractivity (Wildman–Crippen MR) is 83.4 cm³/mol. The Morgan fingerprint density at radius 3 is 2.50 bits per heavy atom. The number of methoxy groups -OCH3 is 1. The minimum Gasteiger partial charge on any atom is -0.496 e. The van der Waals surface area contributed by atoms with E-state index in [1.165, 1.54) is 7.11 Å². The molecule has 0 aliphatic heterocycles. The molecule has 0 aliphatic rings. The lowest BCUT2D eigenvalue weighted by Gasteiger charge is -2.09. The van der Waals surface area contributed by atoms with Crippen LogP contribution in [-0.4, -0.2) is 18.2 Å². The van der Waals surface area contributed by atoms with E-state index in [0.29, 0.717) is 12.4 Å². The van der Waals surface area contributed by atoms with E-state index in [1.54, 1.807) is 18.2 Å². The molecule has 0 fully saturated rings. The van der Waals surface area contributed by atoms with Crippen LogP contribution in [0.1, 0.15) is 15.9 Å². The van der Waals surface area contributed by atoms with Gasteiger partial charge in [-0.05, 0) is 64.6 Å². The van der Waals surface area contributed by atoms with Crippen molar-refractivity contribution in [2.24, 2.45) is 0 Å². The van der Waals surface area contributed by atoms with Crippen molar-refractivity contribution in [2.45, 2.75) is 6.61 Å². The summed E-state index contributed by atoms with van der Waals surface area (Å²) < 4.78 is 11.8. The van der Waals surface area contributed by atoms with Crippen molar-refractivity contribution in [3.8, 4) is 11.5 Å². The molecular formula is C15H13IO4. The number of ether oxygens (including phenoxy) is 2. The molecule has 0 aliphatic carbocycles. The highest BCUT2D eigenvalue weighted by Crippen LogP contribution is 2.21.